The fourth-order valence-corrected chi connectivity index (χ4v) is 2.62. The van der Waals surface area contributed by atoms with E-state index in [1.807, 2.05) is 37.3 Å². The van der Waals surface area contributed by atoms with Gasteiger partial charge in [-0.3, -0.25) is 4.79 Å². The molecule has 1 unspecified atom stereocenters. The summed E-state index contributed by atoms with van der Waals surface area (Å²) in [5.74, 6) is -0.462. The lowest BCUT2D eigenvalue weighted by Gasteiger charge is -2.14. The van der Waals surface area contributed by atoms with Gasteiger partial charge in [0, 0.05) is 12.4 Å². The molecular formula is C21H20N4O3. The monoisotopic (exact) mass is 376 g/mol. The number of amides is 1. The van der Waals surface area contributed by atoms with Crippen LogP contribution < -0.4 is 10.6 Å². The first-order chi connectivity index (χ1) is 13.6. The zero-order chi connectivity index (χ0) is 19.9. The van der Waals surface area contributed by atoms with Crippen molar-refractivity contribution in [2.24, 2.45) is 0 Å². The Morgan fingerprint density at radius 1 is 0.964 bits per heavy atom. The molecule has 1 amide bonds. The number of methoxy groups -OCH3 is 1. The number of nitrogens with one attached hydrogen (secondary N) is 2. The number of esters is 1. The first kappa shape index (κ1) is 19.0. The van der Waals surface area contributed by atoms with Crippen molar-refractivity contribution in [2.45, 2.75) is 13.0 Å². The van der Waals surface area contributed by atoms with Gasteiger partial charge in [0.05, 0.1) is 30.0 Å². The number of rotatable bonds is 6. The van der Waals surface area contributed by atoms with Gasteiger partial charge < -0.3 is 15.4 Å². The number of hydrogen-bond donors (Lipinski definition) is 2. The molecule has 0 aliphatic rings. The van der Waals surface area contributed by atoms with Crippen molar-refractivity contribution in [1.29, 1.82) is 0 Å². The lowest BCUT2D eigenvalue weighted by atomic mass is 10.1. The van der Waals surface area contributed by atoms with Gasteiger partial charge in [0.15, 0.2) is 0 Å². The van der Waals surface area contributed by atoms with E-state index in [0.29, 0.717) is 16.8 Å². The molecule has 1 aromatic heterocycles. The predicted molar refractivity (Wildman–Crippen MR) is 105 cm³/mol. The van der Waals surface area contributed by atoms with Gasteiger partial charge in [-0.15, -0.1) is 0 Å². The molecule has 2 N–H and O–H groups in total. The van der Waals surface area contributed by atoms with Crippen molar-refractivity contribution < 1.29 is 14.3 Å². The zero-order valence-corrected chi connectivity index (χ0v) is 15.5. The van der Waals surface area contributed by atoms with Gasteiger partial charge >= 0.3 is 5.97 Å². The van der Waals surface area contributed by atoms with Gasteiger partial charge in [0.1, 0.15) is 0 Å². The Kier molecular flexibility index (Phi) is 5.96. The Hall–Kier alpha value is -3.74. The van der Waals surface area contributed by atoms with E-state index in [4.69, 9.17) is 4.74 Å². The van der Waals surface area contributed by atoms with Crippen LogP contribution >= 0.6 is 0 Å². The summed E-state index contributed by atoms with van der Waals surface area (Å²) in [7, 11) is 1.32. The number of ether oxygens (including phenoxy) is 1. The number of nitrogens with zero attached hydrogens (tertiary/aromatic N) is 2. The van der Waals surface area contributed by atoms with Crippen molar-refractivity contribution in [1.82, 2.24) is 15.3 Å². The maximum Gasteiger partial charge on any atom is 0.339 e. The summed E-state index contributed by atoms with van der Waals surface area (Å²) in [6.45, 7) is 1.91. The highest BCUT2D eigenvalue weighted by molar-refractivity contribution is 5.96. The molecule has 0 fully saturated rings. The van der Waals surface area contributed by atoms with Crippen molar-refractivity contribution in [3.63, 3.8) is 0 Å². The Bertz CT molecular complexity index is 959. The first-order valence-electron chi connectivity index (χ1n) is 8.70. The third-order valence-corrected chi connectivity index (χ3v) is 4.14. The highest BCUT2D eigenvalue weighted by atomic mass is 16.5. The second-order valence-corrected chi connectivity index (χ2v) is 6.06. The van der Waals surface area contributed by atoms with Crippen molar-refractivity contribution in [3.05, 3.63) is 83.7 Å². The third-order valence-electron chi connectivity index (χ3n) is 4.14. The van der Waals surface area contributed by atoms with Gasteiger partial charge in [-0.1, -0.05) is 42.5 Å². The minimum Gasteiger partial charge on any atom is -0.465 e. The predicted octanol–water partition coefficient (Wildman–Crippen LogP) is 3.50. The van der Waals surface area contributed by atoms with Crippen LogP contribution in [-0.4, -0.2) is 29.0 Å². The highest BCUT2D eigenvalue weighted by Crippen LogP contribution is 2.19. The lowest BCUT2D eigenvalue weighted by Crippen LogP contribution is -2.26. The standard InChI is InChI=1S/C21H20N4O3/c1-14(15-8-4-3-5-9-15)24-19(26)16-12-22-21(23-13-16)25-18-11-7-6-10-17(18)20(27)28-2/h3-14H,1-2H3,(H,24,26)(H,22,23,25). The molecule has 2 aromatic carbocycles. The molecule has 3 aromatic rings. The number of carbonyl (C=O) groups excluding carboxylic acids is 2. The minimum atomic E-state index is -0.464. The molecule has 142 valence electrons. The van der Waals surface area contributed by atoms with E-state index in [1.54, 1.807) is 24.3 Å². The number of anilines is 2. The van der Waals surface area contributed by atoms with Crippen LogP contribution in [0.5, 0.6) is 0 Å². The number of aromatic nitrogens is 2. The van der Waals surface area contributed by atoms with E-state index < -0.39 is 5.97 Å². The van der Waals surface area contributed by atoms with Crippen LogP contribution in [0.25, 0.3) is 0 Å². The molecular weight excluding hydrogens is 356 g/mol. The first-order valence-corrected chi connectivity index (χ1v) is 8.70. The molecule has 7 nitrogen and oxygen atoms in total. The summed E-state index contributed by atoms with van der Waals surface area (Å²) in [6.07, 6.45) is 2.87. The van der Waals surface area contributed by atoms with Crippen LogP contribution in [0.4, 0.5) is 11.6 Å². The molecule has 1 heterocycles. The number of benzene rings is 2. The summed E-state index contributed by atoms with van der Waals surface area (Å²) in [4.78, 5) is 32.6. The van der Waals surface area contributed by atoms with E-state index >= 15 is 0 Å². The summed E-state index contributed by atoms with van der Waals surface area (Å²) in [5.41, 5.74) is 2.24. The topological polar surface area (TPSA) is 93.2 Å². The SMILES string of the molecule is COC(=O)c1ccccc1Nc1ncc(C(=O)NC(C)c2ccccc2)cn1. The molecule has 0 radical (unpaired) electrons. The average Bonchev–Trinajstić information content (AvgIpc) is 2.74. The number of carbonyl (C=O) groups is 2. The molecule has 1 atom stereocenters. The normalized spacial score (nSPS) is 11.4. The molecule has 7 heteroatoms. The maximum absolute atomic E-state index is 12.4. The number of hydrogen-bond acceptors (Lipinski definition) is 6. The van der Waals surface area contributed by atoms with Crippen molar-refractivity contribution >= 4 is 23.5 Å². The molecule has 0 spiro atoms. The highest BCUT2D eigenvalue weighted by Gasteiger charge is 2.14. The Morgan fingerprint density at radius 2 is 1.61 bits per heavy atom. The minimum absolute atomic E-state index is 0.140. The van der Waals surface area contributed by atoms with Gasteiger partial charge in [-0.25, -0.2) is 14.8 Å². The zero-order valence-electron chi connectivity index (χ0n) is 15.5. The number of para-hydroxylation sites is 1. The van der Waals surface area contributed by atoms with Gasteiger partial charge in [-0.2, -0.15) is 0 Å². The van der Waals surface area contributed by atoms with Crippen LogP contribution in [0.3, 0.4) is 0 Å². The maximum atomic E-state index is 12.4. The summed E-state index contributed by atoms with van der Waals surface area (Å²) >= 11 is 0. The summed E-state index contributed by atoms with van der Waals surface area (Å²) < 4.78 is 4.77. The molecule has 0 aliphatic heterocycles. The molecule has 0 saturated heterocycles. The smallest absolute Gasteiger partial charge is 0.339 e. The second-order valence-electron chi connectivity index (χ2n) is 6.06. The van der Waals surface area contributed by atoms with Crippen LogP contribution in [0.1, 0.15) is 39.2 Å². The van der Waals surface area contributed by atoms with Gasteiger partial charge in [-0.05, 0) is 24.6 Å². The van der Waals surface area contributed by atoms with E-state index in [0.717, 1.165) is 5.56 Å². The van der Waals surface area contributed by atoms with E-state index in [9.17, 15) is 9.59 Å². The fraction of sp³-hybridized carbons (Fsp3) is 0.143. The van der Waals surface area contributed by atoms with Crippen molar-refractivity contribution in [3.8, 4) is 0 Å². The van der Waals surface area contributed by atoms with Crippen LogP contribution in [0, 0.1) is 0 Å². The van der Waals surface area contributed by atoms with E-state index in [1.165, 1.54) is 19.5 Å². The molecule has 28 heavy (non-hydrogen) atoms. The Labute approximate surface area is 162 Å². The molecule has 0 bridgehead atoms. The lowest BCUT2D eigenvalue weighted by molar-refractivity contribution is 0.0601. The van der Waals surface area contributed by atoms with Gasteiger partial charge in [0.2, 0.25) is 5.95 Å². The quantitative estimate of drug-likeness (QED) is 0.640. The van der Waals surface area contributed by atoms with E-state index in [2.05, 4.69) is 20.6 Å². The second kappa shape index (κ2) is 8.77. The largest absolute Gasteiger partial charge is 0.465 e. The molecule has 0 aliphatic carbocycles. The molecule has 3 rings (SSSR count). The summed E-state index contributed by atoms with van der Waals surface area (Å²) in [6, 6.07) is 16.4. The van der Waals surface area contributed by atoms with Crippen LogP contribution in [0.2, 0.25) is 0 Å². The van der Waals surface area contributed by atoms with Crippen molar-refractivity contribution in [2.75, 3.05) is 12.4 Å². The van der Waals surface area contributed by atoms with Crippen LogP contribution in [0.15, 0.2) is 67.0 Å². The van der Waals surface area contributed by atoms with Crippen LogP contribution in [-0.2, 0) is 4.74 Å². The Balaban J connectivity index is 1.69. The van der Waals surface area contributed by atoms with Gasteiger partial charge in [0.25, 0.3) is 5.91 Å². The summed E-state index contributed by atoms with van der Waals surface area (Å²) in [5, 5.41) is 5.88. The third kappa shape index (κ3) is 4.50. The molecule has 0 saturated carbocycles. The van der Waals surface area contributed by atoms with E-state index in [-0.39, 0.29) is 17.9 Å². The average molecular weight is 376 g/mol. The fourth-order valence-electron chi connectivity index (χ4n) is 2.62. The Morgan fingerprint density at radius 3 is 2.29 bits per heavy atom.